The van der Waals surface area contributed by atoms with Crippen LogP contribution in [0.1, 0.15) is 38.7 Å². The minimum atomic E-state index is 0.439. The van der Waals surface area contributed by atoms with Crippen molar-refractivity contribution >= 4 is 11.6 Å². The highest BCUT2D eigenvalue weighted by Crippen LogP contribution is 2.38. The predicted octanol–water partition coefficient (Wildman–Crippen LogP) is 4.03. The van der Waals surface area contributed by atoms with Gasteiger partial charge in [-0.3, -0.25) is 0 Å². The summed E-state index contributed by atoms with van der Waals surface area (Å²) in [5.74, 6) is 2.24. The summed E-state index contributed by atoms with van der Waals surface area (Å²) in [5, 5.41) is 4.00. The quantitative estimate of drug-likeness (QED) is 0.786. The van der Waals surface area contributed by atoms with Crippen molar-refractivity contribution in [3.8, 4) is 11.5 Å². The molecular weight excluding hydrogens is 274 g/mol. The Morgan fingerprint density at radius 1 is 1.35 bits per heavy atom. The molecule has 0 spiro atoms. The van der Waals surface area contributed by atoms with E-state index in [2.05, 4.69) is 19.2 Å². The number of methoxy groups -OCH3 is 1. The number of hydrogen-bond donors (Lipinski definition) is 1. The van der Waals surface area contributed by atoms with Crippen molar-refractivity contribution in [3.63, 3.8) is 0 Å². The predicted molar refractivity (Wildman–Crippen MR) is 82.8 cm³/mol. The van der Waals surface area contributed by atoms with Crippen molar-refractivity contribution in [3.05, 3.63) is 22.7 Å². The second kappa shape index (κ2) is 7.19. The monoisotopic (exact) mass is 297 g/mol. The third-order valence-electron chi connectivity index (χ3n) is 3.47. The molecule has 1 aliphatic carbocycles. The Morgan fingerprint density at radius 3 is 2.70 bits per heavy atom. The van der Waals surface area contributed by atoms with E-state index in [1.165, 1.54) is 12.8 Å². The molecule has 1 saturated carbocycles. The maximum absolute atomic E-state index is 6.33. The molecule has 0 aliphatic heterocycles. The maximum Gasteiger partial charge on any atom is 0.179 e. The van der Waals surface area contributed by atoms with Gasteiger partial charge < -0.3 is 14.8 Å². The lowest BCUT2D eigenvalue weighted by Gasteiger charge is -2.15. The van der Waals surface area contributed by atoms with Gasteiger partial charge in [0.2, 0.25) is 0 Å². The second-order valence-corrected chi connectivity index (χ2v) is 6.13. The first kappa shape index (κ1) is 15.5. The SMILES string of the molecule is COc1cc(CNC(C)C)cc(Cl)c1OCCC1CC1. The largest absolute Gasteiger partial charge is 0.493 e. The molecule has 112 valence electrons. The molecule has 20 heavy (non-hydrogen) atoms. The Labute approximate surface area is 126 Å². The van der Waals surface area contributed by atoms with E-state index in [0.717, 1.165) is 24.4 Å². The molecule has 0 saturated heterocycles. The Kier molecular flexibility index (Phi) is 5.55. The molecule has 1 aromatic carbocycles. The van der Waals surface area contributed by atoms with Crippen molar-refractivity contribution in [2.45, 2.75) is 45.7 Å². The Balaban J connectivity index is 2.01. The van der Waals surface area contributed by atoms with E-state index >= 15 is 0 Å². The van der Waals surface area contributed by atoms with Crippen LogP contribution in [-0.4, -0.2) is 19.8 Å². The lowest BCUT2D eigenvalue weighted by molar-refractivity contribution is 0.283. The zero-order valence-corrected chi connectivity index (χ0v) is 13.3. The van der Waals surface area contributed by atoms with E-state index in [9.17, 15) is 0 Å². The topological polar surface area (TPSA) is 30.5 Å². The third kappa shape index (κ3) is 4.57. The summed E-state index contributed by atoms with van der Waals surface area (Å²) >= 11 is 6.33. The van der Waals surface area contributed by atoms with Crippen LogP contribution in [0.5, 0.6) is 11.5 Å². The van der Waals surface area contributed by atoms with Crippen molar-refractivity contribution in [2.24, 2.45) is 5.92 Å². The fraction of sp³-hybridized carbons (Fsp3) is 0.625. The highest BCUT2D eigenvalue weighted by molar-refractivity contribution is 6.32. The summed E-state index contributed by atoms with van der Waals surface area (Å²) in [4.78, 5) is 0. The molecular formula is C16H24ClNO2. The number of rotatable bonds is 8. The van der Waals surface area contributed by atoms with E-state index in [1.54, 1.807) is 7.11 Å². The van der Waals surface area contributed by atoms with Crippen LogP contribution >= 0.6 is 11.6 Å². The first-order valence-electron chi connectivity index (χ1n) is 7.32. The highest BCUT2D eigenvalue weighted by Gasteiger charge is 2.21. The average molecular weight is 298 g/mol. The molecule has 0 atom stereocenters. The molecule has 1 aliphatic rings. The number of ether oxygens (including phenoxy) is 2. The lowest BCUT2D eigenvalue weighted by Crippen LogP contribution is -2.21. The standard InChI is InChI=1S/C16H24ClNO2/c1-11(2)18-10-13-8-14(17)16(15(9-13)19-3)20-7-6-12-4-5-12/h8-9,11-12,18H,4-7,10H2,1-3H3. The Hall–Kier alpha value is -0.930. The second-order valence-electron chi connectivity index (χ2n) is 5.73. The molecule has 0 bridgehead atoms. The lowest BCUT2D eigenvalue weighted by atomic mass is 10.2. The average Bonchev–Trinajstić information content (AvgIpc) is 3.22. The van der Waals surface area contributed by atoms with E-state index < -0.39 is 0 Å². The molecule has 0 radical (unpaired) electrons. The zero-order chi connectivity index (χ0) is 14.5. The number of halogens is 1. The summed E-state index contributed by atoms with van der Waals surface area (Å²) < 4.78 is 11.2. The van der Waals surface area contributed by atoms with Crippen molar-refractivity contribution in [1.29, 1.82) is 0 Å². The van der Waals surface area contributed by atoms with E-state index in [4.69, 9.17) is 21.1 Å². The Morgan fingerprint density at radius 2 is 2.10 bits per heavy atom. The van der Waals surface area contributed by atoms with Crippen LogP contribution in [-0.2, 0) is 6.54 Å². The Bertz CT molecular complexity index is 444. The summed E-state index contributed by atoms with van der Waals surface area (Å²) in [6.07, 6.45) is 3.79. The molecule has 2 rings (SSSR count). The van der Waals surface area contributed by atoms with Crippen molar-refractivity contribution in [1.82, 2.24) is 5.32 Å². The summed E-state index contributed by atoms with van der Waals surface area (Å²) in [6.45, 7) is 5.73. The minimum Gasteiger partial charge on any atom is -0.493 e. The van der Waals surface area contributed by atoms with E-state index in [0.29, 0.717) is 29.2 Å². The number of benzene rings is 1. The smallest absolute Gasteiger partial charge is 0.179 e. The first-order valence-corrected chi connectivity index (χ1v) is 7.70. The van der Waals surface area contributed by atoms with Gasteiger partial charge in [-0.1, -0.05) is 38.3 Å². The van der Waals surface area contributed by atoms with E-state index in [1.807, 2.05) is 12.1 Å². The molecule has 1 fully saturated rings. The van der Waals surface area contributed by atoms with Gasteiger partial charge in [-0.2, -0.15) is 0 Å². The molecule has 1 N–H and O–H groups in total. The molecule has 4 heteroatoms. The highest BCUT2D eigenvalue weighted by atomic mass is 35.5. The molecule has 0 amide bonds. The summed E-state index contributed by atoms with van der Waals surface area (Å²) in [5.41, 5.74) is 1.11. The zero-order valence-electron chi connectivity index (χ0n) is 12.5. The van der Waals surface area contributed by atoms with E-state index in [-0.39, 0.29) is 0 Å². The van der Waals surface area contributed by atoms with Gasteiger partial charge >= 0.3 is 0 Å². The first-order chi connectivity index (χ1) is 9.60. The van der Waals surface area contributed by atoms with Crippen LogP contribution in [0.4, 0.5) is 0 Å². The van der Waals surface area contributed by atoms with Gasteiger partial charge in [0.25, 0.3) is 0 Å². The van der Waals surface area contributed by atoms with Gasteiger partial charge in [0.05, 0.1) is 18.7 Å². The van der Waals surface area contributed by atoms with Crippen LogP contribution in [0.15, 0.2) is 12.1 Å². The van der Waals surface area contributed by atoms with Gasteiger partial charge in [0.1, 0.15) is 0 Å². The molecule has 0 unspecified atom stereocenters. The van der Waals surface area contributed by atoms with Crippen LogP contribution in [0.25, 0.3) is 0 Å². The number of hydrogen-bond acceptors (Lipinski definition) is 3. The van der Waals surface area contributed by atoms with Crippen molar-refractivity contribution < 1.29 is 9.47 Å². The van der Waals surface area contributed by atoms with Crippen LogP contribution in [0, 0.1) is 5.92 Å². The minimum absolute atomic E-state index is 0.439. The fourth-order valence-corrected chi connectivity index (χ4v) is 2.36. The van der Waals surface area contributed by atoms with Gasteiger partial charge in [-0.15, -0.1) is 0 Å². The van der Waals surface area contributed by atoms with Crippen LogP contribution < -0.4 is 14.8 Å². The van der Waals surface area contributed by atoms with Gasteiger partial charge in [0, 0.05) is 12.6 Å². The normalized spacial score (nSPS) is 14.7. The summed E-state index contributed by atoms with van der Waals surface area (Å²) in [7, 11) is 1.65. The molecule has 3 nitrogen and oxygen atoms in total. The van der Waals surface area contributed by atoms with Crippen LogP contribution in [0.2, 0.25) is 5.02 Å². The molecule has 0 heterocycles. The van der Waals surface area contributed by atoms with Gasteiger partial charge in [0.15, 0.2) is 11.5 Å². The molecule has 0 aromatic heterocycles. The number of nitrogens with one attached hydrogen (secondary N) is 1. The maximum atomic E-state index is 6.33. The third-order valence-corrected chi connectivity index (χ3v) is 3.75. The fourth-order valence-electron chi connectivity index (χ4n) is 2.07. The van der Waals surface area contributed by atoms with Gasteiger partial charge in [-0.25, -0.2) is 0 Å². The van der Waals surface area contributed by atoms with Crippen LogP contribution in [0.3, 0.4) is 0 Å². The molecule has 1 aromatic rings. The van der Waals surface area contributed by atoms with Gasteiger partial charge in [-0.05, 0) is 30.0 Å². The van der Waals surface area contributed by atoms with Crippen molar-refractivity contribution in [2.75, 3.05) is 13.7 Å². The summed E-state index contributed by atoms with van der Waals surface area (Å²) in [6, 6.07) is 4.38.